The number of hydrogen-bond donors (Lipinski definition) is 1. The Balaban J connectivity index is 1.76. The number of halogens is 1. The zero-order valence-corrected chi connectivity index (χ0v) is 13.6. The molecule has 0 aliphatic heterocycles. The minimum absolute atomic E-state index is 0.0135. The molecule has 19 heavy (non-hydrogen) atoms. The summed E-state index contributed by atoms with van der Waals surface area (Å²) in [7, 11) is 0. The van der Waals surface area contributed by atoms with Gasteiger partial charge in [0.15, 0.2) is 0 Å². The lowest BCUT2D eigenvalue weighted by molar-refractivity contribution is -0.120. The van der Waals surface area contributed by atoms with E-state index in [1.807, 2.05) is 19.1 Å². The highest BCUT2D eigenvalue weighted by atomic mass is 79.9. The number of nitrogens with one attached hydrogen (secondary N) is 1. The van der Waals surface area contributed by atoms with Gasteiger partial charge >= 0.3 is 0 Å². The van der Waals surface area contributed by atoms with Gasteiger partial charge in [-0.15, -0.1) is 11.8 Å². The molecule has 1 aromatic carbocycles. The van der Waals surface area contributed by atoms with Crippen LogP contribution in [-0.4, -0.2) is 17.2 Å². The van der Waals surface area contributed by atoms with Crippen LogP contribution < -0.4 is 5.32 Å². The second-order valence-electron chi connectivity index (χ2n) is 5.07. The number of amides is 1. The van der Waals surface area contributed by atoms with E-state index in [-0.39, 0.29) is 11.2 Å². The topological polar surface area (TPSA) is 29.1 Å². The lowest BCUT2D eigenvalue weighted by Gasteiger charge is -2.16. The van der Waals surface area contributed by atoms with Crippen LogP contribution in [0.25, 0.3) is 0 Å². The van der Waals surface area contributed by atoms with Gasteiger partial charge in [-0.05, 0) is 37.5 Å². The molecule has 0 bridgehead atoms. The number of rotatable bonds is 5. The number of carbonyl (C=O) groups excluding carboxylic acids is 1. The van der Waals surface area contributed by atoms with Crippen molar-refractivity contribution < 1.29 is 4.79 Å². The van der Waals surface area contributed by atoms with Crippen LogP contribution >= 0.6 is 27.7 Å². The predicted molar refractivity (Wildman–Crippen MR) is 85.3 cm³/mol. The molecule has 1 aliphatic rings. The predicted octanol–water partition coefficient (Wildman–Crippen LogP) is 4.13. The third-order valence-electron chi connectivity index (χ3n) is 3.46. The fourth-order valence-electron chi connectivity index (χ4n) is 2.31. The molecule has 104 valence electrons. The van der Waals surface area contributed by atoms with E-state index in [9.17, 15) is 4.79 Å². The Hall–Kier alpha value is -0.480. The van der Waals surface area contributed by atoms with E-state index in [0.717, 1.165) is 23.1 Å². The zero-order valence-electron chi connectivity index (χ0n) is 11.2. The van der Waals surface area contributed by atoms with E-state index in [0.29, 0.717) is 6.04 Å². The first-order valence-electron chi connectivity index (χ1n) is 6.81. The molecule has 2 rings (SSSR count). The van der Waals surface area contributed by atoms with E-state index in [2.05, 4.69) is 33.4 Å². The molecule has 0 radical (unpaired) electrons. The van der Waals surface area contributed by atoms with E-state index < -0.39 is 0 Å². The fraction of sp³-hybridized carbons (Fsp3) is 0.533. The summed E-state index contributed by atoms with van der Waals surface area (Å²) >= 11 is 5.16. The van der Waals surface area contributed by atoms with Gasteiger partial charge in [-0.1, -0.05) is 40.9 Å². The van der Waals surface area contributed by atoms with Gasteiger partial charge in [0.1, 0.15) is 0 Å². The molecule has 1 N–H and O–H groups in total. The zero-order chi connectivity index (χ0) is 13.7. The highest BCUT2D eigenvalue weighted by molar-refractivity contribution is 9.10. The summed E-state index contributed by atoms with van der Waals surface area (Å²) < 4.78 is 1.09. The Bertz CT molecular complexity index is 432. The molecule has 1 unspecified atom stereocenters. The van der Waals surface area contributed by atoms with Gasteiger partial charge in [0, 0.05) is 16.3 Å². The Kier molecular flexibility index (Phi) is 5.76. The summed E-state index contributed by atoms with van der Waals surface area (Å²) in [5.74, 6) is 1.06. The van der Waals surface area contributed by atoms with Crippen LogP contribution in [0.2, 0.25) is 0 Å². The van der Waals surface area contributed by atoms with E-state index in [1.54, 1.807) is 11.8 Å². The highest BCUT2D eigenvalue weighted by Crippen LogP contribution is 2.22. The lowest BCUT2D eigenvalue weighted by Crippen LogP contribution is -2.37. The van der Waals surface area contributed by atoms with Crippen molar-refractivity contribution in [2.24, 2.45) is 0 Å². The molecule has 1 aromatic rings. The van der Waals surface area contributed by atoms with Crippen LogP contribution in [0.4, 0.5) is 0 Å². The van der Waals surface area contributed by atoms with Crippen LogP contribution in [0.5, 0.6) is 0 Å². The Morgan fingerprint density at radius 1 is 1.47 bits per heavy atom. The molecule has 2 nitrogen and oxygen atoms in total. The summed E-state index contributed by atoms with van der Waals surface area (Å²) in [5.41, 5.74) is 1.25. The SMILES string of the molecule is CC(SCc1cccc(Br)c1)C(=O)NC1CCCC1. The summed E-state index contributed by atoms with van der Waals surface area (Å²) in [6, 6.07) is 8.67. The minimum atomic E-state index is 0.0135. The van der Waals surface area contributed by atoms with Crippen molar-refractivity contribution >= 4 is 33.6 Å². The molecule has 1 aliphatic carbocycles. The molecule has 0 spiro atoms. The number of hydrogen-bond acceptors (Lipinski definition) is 2. The van der Waals surface area contributed by atoms with Crippen molar-refractivity contribution in [1.29, 1.82) is 0 Å². The average Bonchev–Trinajstić information content (AvgIpc) is 2.89. The Morgan fingerprint density at radius 2 is 2.21 bits per heavy atom. The Morgan fingerprint density at radius 3 is 2.89 bits per heavy atom. The average molecular weight is 342 g/mol. The first kappa shape index (κ1) is 14.9. The number of benzene rings is 1. The summed E-state index contributed by atoms with van der Waals surface area (Å²) in [4.78, 5) is 12.0. The maximum Gasteiger partial charge on any atom is 0.233 e. The van der Waals surface area contributed by atoms with Crippen molar-refractivity contribution in [1.82, 2.24) is 5.32 Å². The maximum atomic E-state index is 12.0. The standard InChI is InChI=1S/C15H20BrNOS/c1-11(15(18)17-14-7-2-3-8-14)19-10-12-5-4-6-13(16)9-12/h4-6,9,11,14H,2-3,7-8,10H2,1H3,(H,17,18). The molecule has 1 saturated carbocycles. The first-order chi connectivity index (χ1) is 9.15. The molecule has 0 saturated heterocycles. The minimum Gasteiger partial charge on any atom is -0.352 e. The van der Waals surface area contributed by atoms with Gasteiger partial charge < -0.3 is 5.32 Å². The third kappa shape index (κ3) is 4.84. The van der Waals surface area contributed by atoms with Crippen molar-refractivity contribution in [3.63, 3.8) is 0 Å². The van der Waals surface area contributed by atoms with E-state index >= 15 is 0 Å². The van der Waals surface area contributed by atoms with Crippen LogP contribution in [0.3, 0.4) is 0 Å². The quantitative estimate of drug-likeness (QED) is 0.872. The summed E-state index contributed by atoms with van der Waals surface area (Å²) in [6.07, 6.45) is 4.80. The largest absolute Gasteiger partial charge is 0.352 e. The van der Waals surface area contributed by atoms with Crippen LogP contribution in [0, 0.1) is 0 Å². The normalized spacial score (nSPS) is 17.4. The molecule has 4 heteroatoms. The molecule has 1 atom stereocenters. The van der Waals surface area contributed by atoms with Gasteiger partial charge in [-0.2, -0.15) is 0 Å². The molecule has 0 aromatic heterocycles. The monoisotopic (exact) mass is 341 g/mol. The second kappa shape index (κ2) is 7.34. The van der Waals surface area contributed by atoms with Crippen LogP contribution in [0.1, 0.15) is 38.2 Å². The van der Waals surface area contributed by atoms with Gasteiger partial charge in [0.05, 0.1) is 5.25 Å². The lowest BCUT2D eigenvalue weighted by atomic mass is 10.2. The fourth-order valence-corrected chi connectivity index (χ4v) is 3.60. The smallest absolute Gasteiger partial charge is 0.233 e. The Labute approximate surface area is 127 Å². The van der Waals surface area contributed by atoms with Crippen molar-refractivity contribution in [2.75, 3.05) is 0 Å². The van der Waals surface area contributed by atoms with Gasteiger partial charge in [0.2, 0.25) is 5.91 Å². The van der Waals surface area contributed by atoms with Gasteiger partial charge in [0.25, 0.3) is 0 Å². The van der Waals surface area contributed by atoms with E-state index in [1.165, 1.54) is 18.4 Å². The molecule has 1 fully saturated rings. The molecule has 0 heterocycles. The molecular weight excluding hydrogens is 322 g/mol. The van der Waals surface area contributed by atoms with Crippen LogP contribution in [-0.2, 0) is 10.5 Å². The summed E-state index contributed by atoms with van der Waals surface area (Å²) in [6.45, 7) is 1.99. The van der Waals surface area contributed by atoms with Gasteiger partial charge in [-0.3, -0.25) is 4.79 Å². The van der Waals surface area contributed by atoms with Crippen molar-refractivity contribution in [3.05, 3.63) is 34.3 Å². The first-order valence-corrected chi connectivity index (χ1v) is 8.66. The second-order valence-corrected chi connectivity index (χ2v) is 7.32. The van der Waals surface area contributed by atoms with Gasteiger partial charge in [-0.25, -0.2) is 0 Å². The molecule has 1 amide bonds. The third-order valence-corrected chi connectivity index (χ3v) is 5.17. The van der Waals surface area contributed by atoms with Crippen molar-refractivity contribution in [3.8, 4) is 0 Å². The van der Waals surface area contributed by atoms with Crippen molar-refractivity contribution in [2.45, 2.75) is 49.7 Å². The number of thioether (sulfide) groups is 1. The van der Waals surface area contributed by atoms with Crippen LogP contribution in [0.15, 0.2) is 28.7 Å². The molecular formula is C15H20BrNOS. The van der Waals surface area contributed by atoms with E-state index in [4.69, 9.17) is 0 Å². The summed E-state index contributed by atoms with van der Waals surface area (Å²) in [5, 5.41) is 3.17. The maximum absolute atomic E-state index is 12.0. The highest BCUT2D eigenvalue weighted by Gasteiger charge is 2.20. The number of carbonyl (C=O) groups is 1.